The molecule has 2 rings (SSSR count). The zero-order valence-electron chi connectivity index (χ0n) is 11.4. The van der Waals surface area contributed by atoms with Crippen LogP contribution in [0.1, 0.15) is 46.5 Å². The molecule has 0 spiro atoms. The molecule has 0 unspecified atom stereocenters. The van der Waals surface area contributed by atoms with Crippen LogP contribution in [0.3, 0.4) is 0 Å². The van der Waals surface area contributed by atoms with Crippen molar-refractivity contribution in [2.75, 3.05) is 13.7 Å². The van der Waals surface area contributed by atoms with Gasteiger partial charge in [-0.25, -0.2) is 9.78 Å². The minimum atomic E-state index is -1.14. The van der Waals surface area contributed by atoms with E-state index in [1.54, 1.807) is 7.11 Å². The number of carboxylic acid groups (broad SMARTS) is 1. The van der Waals surface area contributed by atoms with Gasteiger partial charge in [0.25, 0.3) is 5.91 Å². The van der Waals surface area contributed by atoms with Crippen molar-refractivity contribution in [1.29, 1.82) is 0 Å². The first-order valence-electron chi connectivity index (χ1n) is 6.57. The highest BCUT2D eigenvalue weighted by Gasteiger charge is 2.38. The number of carboxylic acids is 1. The van der Waals surface area contributed by atoms with Crippen molar-refractivity contribution < 1.29 is 19.4 Å². The molecule has 20 heavy (non-hydrogen) atoms. The molecule has 6 nitrogen and oxygen atoms in total. The van der Waals surface area contributed by atoms with Gasteiger partial charge in [0.15, 0.2) is 0 Å². The van der Waals surface area contributed by atoms with Crippen LogP contribution in [0, 0.1) is 0 Å². The maximum atomic E-state index is 12.2. The molecule has 0 aromatic carbocycles. The van der Waals surface area contributed by atoms with Crippen molar-refractivity contribution in [3.8, 4) is 0 Å². The van der Waals surface area contributed by atoms with Crippen molar-refractivity contribution in [1.82, 2.24) is 10.3 Å². The van der Waals surface area contributed by atoms with Crippen LogP contribution in [0.15, 0.2) is 18.3 Å². The number of aromatic carboxylic acids is 1. The topological polar surface area (TPSA) is 88.5 Å². The largest absolute Gasteiger partial charge is 0.477 e. The van der Waals surface area contributed by atoms with Crippen LogP contribution in [0.4, 0.5) is 0 Å². The summed E-state index contributed by atoms with van der Waals surface area (Å²) in [5, 5.41) is 11.9. The number of pyridine rings is 1. The lowest BCUT2D eigenvalue weighted by Gasteiger charge is -2.42. The van der Waals surface area contributed by atoms with Crippen molar-refractivity contribution in [2.45, 2.75) is 31.2 Å². The number of hydrogen-bond donors (Lipinski definition) is 2. The number of carbonyl (C=O) groups is 2. The lowest BCUT2D eigenvalue weighted by molar-refractivity contribution is 0.0690. The van der Waals surface area contributed by atoms with Crippen molar-refractivity contribution in [3.05, 3.63) is 29.6 Å². The molecule has 1 heterocycles. The minimum absolute atomic E-state index is 0.128. The third-order valence-electron chi connectivity index (χ3n) is 3.72. The molecule has 1 aromatic rings. The Morgan fingerprint density at radius 3 is 2.80 bits per heavy atom. The first-order chi connectivity index (χ1) is 9.56. The van der Waals surface area contributed by atoms with Gasteiger partial charge in [-0.3, -0.25) is 4.79 Å². The smallest absolute Gasteiger partial charge is 0.354 e. The van der Waals surface area contributed by atoms with Gasteiger partial charge >= 0.3 is 5.97 Å². The van der Waals surface area contributed by atoms with Crippen molar-refractivity contribution in [2.24, 2.45) is 0 Å². The lowest BCUT2D eigenvalue weighted by atomic mass is 9.74. The van der Waals surface area contributed by atoms with Gasteiger partial charge in [-0.15, -0.1) is 0 Å². The second-order valence-electron chi connectivity index (χ2n) is 5.07. The van der Waals surface area contributed by atoms with Gasteiger partial charge in [-0.05, 0) is 37.8 Å². The predicted octanol–water partition coefficient (Wildman–Crippen LogP) is 1.47. The Labute approximate surface area is 117 Å². The summed E-state index contributed by atoms with van der Waals surface area (Å²) < 4.78 is 5.07. The standard InChI is InChI=1S/C14H18N2O4/c1-20-8-6-14(4-2-5-14)16-12(17)10-3-7-15-11(9-10)13(18)19/h3,7,9H,2,4-6,8H2,1H3,(H,16,17)(H,18,19). The number of methoxy groups -OCH3 is 1. The molecule has 1 aliphatic carbocycles. The lowest BCUT2D eigenvalue weighted by Crippen LogP contribution is -2.54. The normalized spacial score (nSPS) is 16.2. The maximum absolute atomic E-state index is 12.2. The number of amides is 1. The summed E-state index contributed by atoms with van der Waals surface area (Å²) in [5.41, 5.74) is -0.0157. The van der Waals surface area contributed by atoms with Gasteiger partial charge in [0, 0.05) is 31.0 Å². The molecule has 0 radical (unpaired) electrons. The van der Waals surface area contributed by atoms with Gasteiger partial charge in [0.2, 0.25) is 0 Å². The molecular weight excluding hydrogens is 260 g/mol. The molecule has 0 atom stereocenters. The number of rotatable bonds is 6. The van der Waals surface area contributed by atoms with Crippen LogP contribution in [0.25, 0.3) is 0 Å². The zero-order chi connectivity index (χ0) is 14.6. The summed E-state index contributed by atoms with van der Waals surface area (Å²) in [6.07, 6.45) is 5.05. The number of carbonyl (C=O) groups excluding carboxylic acids is 1. The second kappa shape index (κ2) is 6.00. The molecule has 0 bridgehead atoms. The van der Waals surface area contributed by atoms with E-state index in [9.17, 15) is 9.59 Å². The number of aromatic nitrogens is 1. The average Bonchev–Trinajstić information content (AvgIpc) is 2.41. The first-order valence-corrected chi connectivity index (χ1v) is 6.57. The molecule has 1 aromatic heterocycles. The van der Waals surface area contributed by atoms with Gasteiger partial charge in [0.05, 0.1) is 0 Å². The number of ether oxygens (including phenoxy) is 1. The third-order valence-corrected chi connectivity index (χ3v) is 3.72. The quantitative estimate of drug-likeness (QED) is 0.822. The third kappa shape index (κ3) is 3.14. The maximum Gasteiger partial charge on any atom is 0.354 e. The van der Waals surface area contributed by atoms with Crippen LogP contribution >= 0.6 is 0 Å². The molecule has 1 aliphatic rings. The van der Waals surface area contributed by atoms with Crippen molar-refractivity contribution >= 4 is 11.9 Å². The molecular formula is C14H18N2O4. The van der Waals surface area contributed by atoms with E-state index < -0.39 is 5.97 Å². The Morgan fingerprint density at radius 1 is 1.50 bits per heavy atom. The van der Waals surface area contributed by atoms with E-state index in [0.717, 1.165) is 25.7 Å². The SMILES string of the molecule is COCCC1(NC(=O)c2ccnc(C(=O)O)c2)CCC1. The summed E-state index contributed by atoms with van der Waals surface area (Å²) >= 11 is 0. The van der Waals surface area contributed by atoms with E-state index in [2.05, 4.69) is 10.3 Å². The minimum Gasteiger partial charge on any atom is -0.477 e. The fraction of sp³-hybridized carbons (Fsp3) is 0.500. The van der Waals surface area contributed by atoms with E-state index in [-0.39, 0.29) is 17.1 Å². The van der Waals surface area contributed by atoms with E-state index in [0.29, 0.717) is 12.2 Å². The number of nitrogens with one attached hydrogen (secondary N) is 1. The summed E-state index contributed by atoms with van der Waals surface area (Å²) in [7, 11) is 1.64. The van der Waals surface area contributed by atoms with Gasteiger partial charge < -0.3 is 15.2 Å². The predicted molar refractivity (Wildman–Crippen MR) is 71.7 cm³/mol. The molecule has 1 amide bonds. The Hall–Kier alpha value is -1.95. The summed E-state index contributed by atoms with van der Waals surface area (Å²) in [4.78, 5) is 26.8. The van der Waals surface area contributed by atoms with Gasteiger partial charge in [-0.1, -0.05) is 0 Å². The Kier molecular flexibility index (Phi) is 4.34. The molecule has 1 saturated carbocycles. The molecule has 2 N–H and O–H groups in total. The van der Waals surface area contributed by atoms with E-state index in [1.807, 2.05) is 0 Å². The van der Waals surface area contributed by atoms with Crippen LogP contribution < -0.4 is 5.32 Å². The van der Waals surface area contributed by atoms with Crippen LogP contribution in [0.5, 0.6) is 0 Å². The fourth-order valence-electron chi connectivity index (χ4n) is 2.34. The van der Waals surface area contributed by atoms with Gasteiger partial charge in [0.1, 0.15) is 5.69 Å². The fourth-order valence-corrected chi connectivity index (χ4v) is 2.34. The number of nitrogens with zero attached hydrogens (tertiary/aromatic N) is 1. The molecule has 6 heteroatoms. The molecule has 0 saturated heterocycles. The van der Waals surface area contributed by atoms with E-state index in [1.165, 1.54) is 18.3 Å². The molecule has 108 valence electrons. The summed E-state index contributed by atoms with van der Waals surface area (Å²) in [6.45, 7) is 0.594. The summed E-state index contributed by atoms with van der Waals surface area (Å²) in [6, 6.07) is 2.81. The van der Waals surface area contributed by atoms with E-state index >= 15 is 0 Å². The van der Waals surface area contributed by atoms with Crippen LogP contribution in [-0.2, 0) is 4.74 Å². The Morgan fingerprint density at radius 2 is 2.25 bits per heavy atom. The molecule has 0 aliphatic heterocycles. The Balaban J connectivity index is 2.07. The highest BCUT2D eigenvalue weighted by atomic mass is 16.5. The first kappa shape index (κ1) is 14.5. The van der Waals surface area contributed by atoms with Gasteiger partial charge in [-0.2, -0.15) is 0 Å². The number of hydrogen-bond acceptors (Lipinski definition) is 4. The monoisotopic (exact) mass is 278 g/mol. The zero-order valence-corrected chi connectivity index (χ0v) is 11.4. The average molecular weight is 278 g/mol. The van der Waals surface area contributed by atoms with E-state index in [4.69, 9.17) is 9.84 Å². The van der Waals surface area contributed by atoms with Crippen LogP contribution in [-0.4, -0.2) is 41.2 Å². The van der Waals surface area contributed by atoms with Crippen LogP contribution in [0.2, 0.25) is 0 Å². The summed E-state index contributed by atoms with van der Waals surface area (Å²) in [5.74, 6) is -1.40. The Bertz CT molecular complexity index is 512. The molecule has 1 fully saturated rings. The second-order valence-corrected chi connectivity index (χ2v) is 5.07. The highest BCUT2D eigenvalue weighted by molar-refractivity contribution is 5.97. The van der Waals surface area contributed by atoms with Crippen molar-refractivity contribution in [3.63, 3.8) is 0 Å². The highest BCUT2D eigenvalue weighted by Crippen LogP contribution is 2.35.